The lowest BCUT2D eigenvalue weighted by atomic mass is 10.1. The van der Waals surface area contributed by atoms with E-state index in [1.807, 2.05) is 0 Å². The number of carbonyl (C=O) groups is 3. The van der Waals surface area contributed by atoms with E-state index in [0.717, 1.165) is 11.8 Å². The summed E-state index contributed by atoms with van der Waals surface area (Å²) >= 11 is 1.01. The zero-order valence-electron chi connectivity index (χ0n) is 12.1. The van der Waals surface area contributed by atoms with Gasteiger partial charge >= 0.3 is 11.9 Å². The summed E-state index contributed by atoms with van der Waals surface area (Å²) in [6.07, 6.45) is 1.88. The molecule has 0 aliphatic carbocycles. The molecule has 1 aliphatic heterocycles. The van der Waals surface area contributed by atoms with Gasteiger partial charge in [-0.05, 0) is 32.4 Å². The maximum absolute atomic E-state index is 12.0. The van der Waals surface area contributed by atoms with Crippen molar-refractivity contribution in [3.63, 3.8) is 0 Å². The van der Waals surface area contributed by atoms with Crippen molar-refractivity contribution >= 4 is 28.8 Å². The van der Waals surface area contributed by atoms with Crippen LogP contribution < -0.4 is 11.1 Å². The molecule has 0 radical (unpaired) electrons. The zero-order chi connectivity index (χ0) is 15.9. The quantitative estimate of drug-likeness (QED) is 0.435. The highest BCUT2D eigenvalue weighted by Gasteiger charge is 2.42. The fraction of sp³-hybridized carbons (Fsp3) is 0.769. The first-order valence-corrected chi connectivity index (χ1v) is 7.94. The van der Waals surface area contributed by atoms with Gasteiger partial charge in [-0.1, -0.05) is 11.8 Å². The molecule has 1 aliphatic rings. The third-order valence-electron chi connectivity index (χ3n) is 3.24. The fourth-order valence-corrected chi connectivity index (χ4v) is 2.75. The number of hydrogen-bond acceptors (Lipinski definition) is 8. The van der Waals surface area contributed by atoms with Crippen molar-refractivity contribution in [2.24, 2.45) is 11.7 Å². The van der Waals surface area contributed by atoms with Crippen LogP contribution in [0.4, 0.5) is 0 Å². The number of aliphatic hydroxyl groups is 1. The van der Waals surface area contributed by atoms with Gasteiger partial charge in [0.25, 0.3) is 0 Å². The fourth-order valence-electron chi connectivity index (χ4n) is 2.01. The first-order valence-electron chi connectivity index (χ1n) is 6.96. The highest BCUT2D eigenvalue weighted by atomic mass is 32.2. The van der Waals surface area contributed by atoms with E-state index in [1.165, 1.54) is 6.92 Å². The van der Waals surface area contributed by atoms with Gasteiger partial charge in [0.15, 0.2) is 5.12 Å². The largest absolute Gasteiger partial charge is 0.390 e. The molecule has 0 aromatic rings. The number of hydrogen-bond donors (Lipinski definition) is 3. The molecule has 0 spiro atoms. The molecule has 2 atom stereocenters. The lowest BCUT2D eigenvalue weighted by molar-refractivity contribution is -0.177. The monoisotopic (exact) mass is 318 g/mol. The number of esters is 2. The molecule has 0 bridgehead atoms. The van der Waals surface area contributed by atoms with Gasteiger partial charge in [0, 0.05) is 19.1 Å². The topological polar surface area (TPSA) is 119 Å². The van der Waals surface area contributed by atoms with Gasteiger partial charge in [-0.2, -0.15) is 0 Å². The summed E-state index contributed by atoms with van der Waals surface area (Å²) in [5.41, 5.74) is 3.64. The van der Waals surface area contributed by atoms with E-state index in [-0.39, 0.29) is 17.3 Å². The van der Waals surface area contributed by atoms with Crippen LogP contribution in [0.15, 0.2) is 0 Å². The minimum atomic E-state index is -1.78. The molecular weight excluding hydrogens is 296 g/mol. The van der Waals surface area contributed by atoms with Crippen molar-refractivity contribution < 1.29 is 24.2 Å². The molecule has 7 nitrogen and oxygen atoms in total. The Labute approximate surface area is 128 Å². The minimum Gasteiger partial charge on any atom is -0.390 e. The van der Waals surface area contributed by atoms with Crippen LogP contribution in [-0.2, 0) is 19.1 Å². The number of nitrogens with two attached hydrogens (primary N) is 1. The maximum Gasteiger partial charge on any atom is 0.361 e. The van der Waals surface area contributed by atoms with Crippen molar-refractivity contribution in [3.8, 4) is 0 Å². The molecular formula is C13H22N2O5S. The Hall–Kier alpha value is -0.960. The Morgan fingerprint density at radius 3 is 2.71 bits per heavy atom. The number of thioether (sulfide) groups is 1. The number of carbonyl (C=O) groups excluding carboxylic acids is 3. The SMILES string of the molecule is CC(=O)SCC(CCCN)C(=O)OC(=O)[C@]1(O)CCCN1. The van der Waals surface area contributed by atoms with Crippen molar-refractivity contribution in [2.75, 3.05) is 18.8 Å². The number of rotatable bonds is 7. The maximum atomic E-state index is 12.0. The van der Waals surface area contributed by atoms with Gasteiger partial charge in [-0.15, -0.1) is 0 Å². The van der Waals surface area contributed by atoms with Crippen LogP contribution in [0, 0.1) is 5.92 Å². The summed E-state index contributed by atoms with van der Waals surface area (Å²) < 4.78 is 4.77. The lowest BCUT2D eigenvalue weighted by Gasteiger charge is -2.21. The van der Waals surface area contributed by atoms with Gasteiger partial charge in [0.05, 0.1) is 5.92 Å². The molecule has 1 heterocycles. The van der Waals surface area contributed by atoms with Gasteiger partial charge in [0.2, 0.25) is 5.72 Å². The van der Waals surface area contributed by atoms with Gasteiger partial charge in [-0.3, -0.25) is 14.9 Å². The van der Waals surface area contributed by atoms with Crippen molar-refractivity contribution in [2.45, 2.75) is 38.3 Å². The Kier molecular flexibility index (Phi) is 7.30. The molecule has 0 aromatic heterocycles. The molecule has 0 aromatic carbocycles. The Morgan fingerprint density at radius 2 is 2.19 bits per heavy atom. The predicted molar refractivity (Wildman–Crippen MR) is 78.2 cm³/mol. The van der Waals surface area contributed by atoms with Crippen LogP contribution in [0.2, 0.25) is 0 Å². The Morgan fingerprint density at radius 1 is 1.48 bits per heavy atom. The molecule has 0 amide bonds. The zero-order valence-corrected chi connectivity index (χ0v) is 12.9. The summed E-state index contributed by atoms with van der Waals surface area (Å²) in [5, 5.41) is 12.5. The smallest absolute Gasteiger partial charge is 0.361 e. The Bertz CT molecular complexity index is 396. The van der Waals surface area contributed by atoms with Crippen LogP contribution in [0.3, 0.4) is 0 Å². The first kappa shape index (κ1) is 18.1. The standard InChI is InChI=1S/C13H22N2O5S/c1-9(16)21-8-10(4-2-6-14)11(17)20-12(18)13(19)5-3-7-15-13/h10,15,19H,2-8,14H2,1H3/t10?,13-/m1/s1. The molecule has 8 heteroatoms. The number of ether oxygens (including phenoxy) is 1. The van der Waals surface area contributed by atoms with E-state index in [9.17, 15) is 19.5 Å². The second-order valence-corrected chi connectivity index (χ2v) is 6.23. The van der Waals surface area contributed by atoms with E-state index >= 15 is 0 Å². The minimum absolute atomic E-state index is 0.108. The summed E-state index contributed by atoms with van der Waals surface area (Å²) in [6, 6.07) is 0. The van der Waals surface area contributed by atoms with Crippen molar-refractivity contribution in [1.82, 2.24) is 5.32 Å². The van der Waals surface area contributed by atoms with E-state index in [4.69, 9.17) is 10.5 Å². The molecule has 4 N–H and O–H groups in total. The van der Waals surface area contributed by atoms with E-state index < -0.39 is 23.6 Å². The second-order valence-electron chi connectivity index (χ2n) is 5.03. The van der Waals surface area contributed by atoms with Gasteiger partial charge < -0.3 is 15.6 Å². The molecule has 1 unspecified atom stereocenters. The summed E-state index contributed by atoms with van der Waals surface area (Å²) in [7, 11) is 0. The molecule has 21 heavy (non-hydrogen) atoms. The van der Waals surface area contributed by atoms with E-state index in [2.05, 4.69) is 5.32 Å². The lowest BCUT2D eigenvalue weighted by Crippen LogP contribution is -2.49. The highest BCUT2D eigenvalue weighted by molar-refractivity contribution is 8.13. The number of nitrogens with one attached hydrogen (secondary N) is 1. The van der Waals surface area contributed by atoms with Crippen LogP contribution in [-0.4, -0.2) is 46.7 Å². The van der Waals surface area contributed by atoms with Crippen LogP contribution in [0.1, 0.15) is 32.6 Å². The predicted octanol–water partition coefficient (Wildman–Crippen LogP) is -0.237. The molecule has 1 saturated heterocycles. The van der Waals surface area contributed by atoms with Crippen molar-refractivity contribution in [1.29, 1.82) is 0 Å². The van der Waals surface area contributed by atoms with Crippen molar-refractivity contribution in [3.05, 3.63) is 0 Å². The summed E-state index contributed by atoms with van der Waals surface area (Å²) in [6.45, 7) is 2.32. The van der Waals surface area contributed by atoms with E-state index in [0.29, 0.717) is 32.4 Å². The third-order valence-corrected chi connectivity index (χ3v) is 4.22. The van der Waals surface area contributed by atoms with Gasteiger partial charge in [0.1, 0.15) is 0 Å². The Balaban J connectivity index is 2.57. The average Bonchev–Trinajstić information content (AvgIpc) is 2.86. The molecule has 120 valence electrons. The molecule has 0 saturated carbocycles. The van der Waals surface area contributed by atoms with Crippen LogP contribution in [0.5, 0.6) is 0 Å². The molecule has 1 fully saturated rings. The highest BCUT2D eigenvalue weighted by Crippen LogP contribution is 2.21. The second kappa shape index (κ2) is 8.47. The first-order chi connectivity index (χ1) is 9.89. The third kappa shape index (κ3) is 5.74. The molecule has 1 rings (SSSR count). The normalized spacial score (nSPS) is 22.8. The average molecular weight is 318 g/mol. The van der Waals surface area contributed by atoms with Crippen LogP contribution in [0.25, 0.3) is 0 Å². The summed E-state index contributed by atoms with van der Waals surface area (Å²) in [4.78, 5) is 34.9. The summed E-state index contributed by atoms with van der Waals surface area (Å²) in [5.74, 6) is -2.04. The van der Waals surface area contributed by atoms with Crippen LogP contribution >= 0.6 is 11.8 Å². The van der Waals surface area contributed by atoms with E-state index in [1.54, 1.807) is 0 Å². The van der Waals surface area contributed by atoms with Gasteiger partial charge in [-0.25, -0.2) is 4.79 Å².